The number of carbonyl (C=O) groups is 2. The fraction of sp³-hybridized carbons (Fsp3) is 0.273. The Morgan fingerprint density at radius 1 is 1.18 bits per heavy atom. The number of amides is 2. The number of hydrogen-bond donors (Lipinski definition) is 2. The molecule has 4 nitrogen and oxygen atoms in total. The third-order valence-corrected chi connectivity index (χ3v) is 3.06. The highest BCUT2D eigenvalue weighted by Crippen LogP contribution is 2.13. The highest BCUT2D eigenvalue weighted by atomic mass is 35.5. The van der Waals surface area contributed by atoms with E-state index in [9.17, 15) is 9.59 Å². The van der Waals surface area contributed by atoms with Crippen molar-refractivity contribution < 1.29 is 9.59 Å². The number of rotatable bonds is 5. The lowest BCUT2D eigenvalue weighted by Crippen LogP contribution is -2.21. The Morgan fingerprint density at radius 2 is 1.76 bits per heavy atom. The normalized spacial score (nSPS) is 9.76. The van der Waals surface area contributed by atoms with Crippen LogP contribution in [-0.2, 0) is 9.59 Å². The Morgan fingerprint density at radius 3 is 2.35 bits per heavy atom. The van der Waals surface area contributed by atoms with Crippen molar-refractivity contribution in [3.8, 4) is 0 Å². The van der Waals surface area contributed by atoms with E-state index >= 15 is 0 Å². The summed E-state index contributed by atoms with van der Waals surface area (Å²) < 4.78 is 0. The molecule has 0 fully saturated rings. The van der Waals surface area contributed by atoms with Gasteiger partial charge in [-0.1, -0.05) is 11.6 Å². The molecule has 1 rings (SSSR count). The van der Waals surface area contributed by atoms with E-state index in [0.29, 0.717) is 10.7 Å². The Kier molecular flexibility index (Phi) is 5.86. The van der Waals surface area contributed by atoms with Crippen molar-refractivity contribution in [1.82, 2.24) is 5.32 Å². The first-order chi connectivity index (χ1) is 8.11. The lowest BCUT2D eigenvalue weighted by molar-refractivity contribution is -0.118. The molecule has 0 unspecified atom stereocenters. The van der Waals surface area contributed by atoms with Gasteiger partial charge >= 0.3 is 0 Å². The van der Waals surface area contributed by atoms with Crippen LogP contribution in [0.15, 0.2) is 24.3 Å². The molecule has 92 valence electrons. The van der Waals surface area contributed by atoms with Crippen LogP contribution < -0.4 is 10.6 Å². The van der Waals surface area contributed by atoms with Crippen molar-refractivity contribution in [2.24, 2.45) is 0 Å². The molecule has 0 aliphatic heterocycles. The summed E-state index contributed by atoms with van der Waals surface area (Å²) in [5.41, 5.74) is 0.694. The molecule has 0 aliphatic carbocycles. The van der Waals surface area contributed by atoms with Crippen molar-refractivity contribution in [1.29, 1.82) is 0 Å². The molecule has 2 amide bonds. The van der Waals surface area contributed by atoms with Crippen LogP contribution in [0.4, 0.5) is 5.69 Å². The average Bonchev–Trinajstić information content (AvgIpc) is 2.32. The molecule has 0 bridgehead atoms. The van der Waals surface area contributed by atoms with Gasteiger partial charge < -0.3 is 10.6 Å². The van der Waals surface area contributed by atoms with Gasteiger partial charge in [-0.2, -0.15) is 0 Å². The smallest absolute Gasteiger partial charge is 0.234 e. The highest BCUT2D eigenvalue weighted by Gasteiger charge is 2.04. The third kappa shape index (κ3) is 5.60. The molecule has 2 N–H and O–H groups in total. The first-order valence-corrected chi connectivity index (χ1v) is 6.49. The number of carbonyl (C=O) groups excluding carboxylic acids is 2. The van der Waals surface area contributed by atoms with Gasteiger partial charge in [0.15, 0.2) is 0 Å². The largest absolute Gasteiger partial charge is 0.358 e. The highest BCUT2D eigenvalue weighted by molar-refractivity contribution is 8.00. The second-order valence-electron chi connectivity index (χ2n) is 3.22. The minimum absolute atomic E-state index is 0.0886. The molecular formula is C11H13ClN2O2S. The summed E-state index contributed by atoms with van der Waals surface area (Å²) in [6.07, 6.45) is 0. The first kappa shape index (κ1) is 13.9. The van der Waals surface area contributed by atoms with Crippen LogP contribution in [0.5, 0.6) is 0 Å². The zero-order valence-corrected chi connectivity index (χ0v) is 10.9. The molecule has 0 heterocycles. The molecule has 0 saturated carbocycles. The van der Waals surface area contributed by atoms with E-state index in [0.717, 1.165) is 0 Å². The number of benzene rings is 1. The predicted octanol–water partition coefficient (Wildman–Crippen LogP) is 1.76. The molecule has 1 aromatic rings. The summed E-state index contributed by atoms with van der Waals surface area (Å²) in [4.78, 5) is 22.4. The van der Waals surface area contributed by atoms with Crippen molar-refractivity contribution in [3.63, 3.8) is 0 Å². The molecule has 6 heteroatoms. The maximum atomic E-state index is 11.5. The topological polar surface area (TPSA) is 58.2 Å². The van der Waals surface area contributed by atoms with E-state index in [1.165, 1.54) is 11.8 Å². The molecule has 0 radical (unpaired) electrons. The van der Waals surface area contributed by atoms with Gasteiger partial charge in [0, 0.05) is 17.8 Å². The number of thioether (sulfide) groups is 1. The van der Waals surface area contributed by atoms with Crippen molar-refractivity contribution in [2.45, 2.75) is 0 Å². The summed E-state index contributed by atoms with van der Waals surface area (Å²) >= 11 is 6.99. The SMILES string of the molecule is CNC(=O)CSCC(=O)Nc1ccc(Cl)cc1. The quantitative estimate of drug-likeness (QED) is 0.859. The number of anilines is 1. The van der Waals surface area contributed by atoms with Gasteiger partial charge in [-0.25, -0.2) is 0 Å². The molecule has 17 heavy (non-hydrogen) atoms. The third-order valence-electron chi connectivity index (χ3n) is 1.87. The molecule has 0 aliphatic rings. The fourth-order valence-corrected chi connectivity index (χ4v) is 1.85. The van der Waals surface area contributed by atoms with E-state index < -0.39 is 0 Å². The number of nitrogens with one attached hydrogen (secondary N) is 2. The maximum absolute atomic E-state index is 11.5. The lowest BCUT2D eigenvalue weighted by atomic mass is 10.3. The molecule has 1 aromatic carbocycles. The van der Waals surface area contributed by atoms with Crippen LogP contribution in [-0.4, -0.2) is 30.4 Å². The van der Waals surface area contributed by atoms with Crippen molar-refractivity contribution in [3.05, 3.63) is 29.3 Å². The monoisotopic (exact) mass is 272 g/mol. The van der Waals surface area contributed by atoms with E-state index in [4.69, 9.17) is 11.6 Å². The summed E-state index contributed by atoms with van der Waals surface area (Å²) in [5, 5.41) is 5.82. The predicted molar refractivity (Wildman–Crippen MR) is 71.5 cm³/mol. The van der Waals surface area contributed by atoms with Gasteiger partial charge in [0.2, 0.25) is 11.8 Å². The van der Waals surface area contributed by atoms with E-state index in [1.807, 2.05) is 0 Å². The van der Waals surface area contributed by atoms with Crippen LogP contribution in [0.3, 0.4) is 0 Å². The zero-order chi connectivity index (χ0) is 12.7. The molecular weight excluding hydrogens is 260 g/mol. The van der Waals surface area contributed by atoms with Crippen molar-refractivity contribution in [2.75, 3.05) is 23.9 Å². The number of halogens is 1. The maximum Gasteiger partial charge on any atom is 0.234 e. The van der Waals surface area contributed by atoms with E-state index in [-0.39, 0.29) is 23.3 Å². The second-order valence-corrected chi connectivity index (χ2v) is 4.64. The minimum Gasteiger partial charge on any atom is -0.358 e. The summed E-state index contributed by atoms with van der Waals surface area (Å²) in [6, 6.07) is 6.86. The zero-order valence-electron chi connectivity index (χ0n) is 9.33. The Hall–Kier alpha value is -1.20. The van der Waals surface area contributed by atoms with Gasteiger partial charge in [0.1, 0.15) is 0 Å². The van der Waals surface area contributed by atoms with Gasteiger partial charge in [0.25, 0.3) is 0 Å². The molecule has 0 spiro atoms. The van der Waals surface area contributed by atoms with Gasteiger partial charge in [-0.05, 0) is 24.3 Å². The summed E-state index contributed by atoms with van der Waals surface area (Å²) in [6.45, 7) is 0. The average molecular weight is 273 g/mol. The van der Waals surface area contributed by atoms with Gasteiger partial charge in [-0.3, -0.25) is 9.59 Å². The van der Waals surface area contributed by atoms with Crippen LogP contribution in [0, 0.1) is 0 Å². The van der Waals surface area contributed by atoms with E-state index in [2.05, 4.69) is 10.6 Å². The Balaban J connectivity index is 2.30. The molecule has 0 saturated heterocycles. The van der Waals surface area contributed by atoms with Crippen molar-refractivity contribution >= 4 is 40.9 Å². The molecule has 0 atom stereocenters. The van der Waals surface area contributed by atoms with Gasteiger partial charge in [-0.15, -0.1) is 11.8 Å². The lowest BCUT2D eigenvalue weighted by Gasteiger charge is -2.04. The summed E-state index contributed by atoms with van der Waals surface area (Å²) in [7, 11) is 1.57. The van der Waals surface area contributed by atoms with Gasteiger partial charge in [0.05, 0.1) is 11.5 Å². The standard InChI is InChI=1S/C11H13ClN2O2S/c1-13-10(15)6-17-7-11(16)14-9-4-2-8(12)3-5-9/h2-5H,6-7H2,1H3,(H,13,15)(H,14,16). The fourth-order valence-electron chi connectivity index (χ4n) is 1.04. The summed E-state index contributed by atoms with van der Waals surface area (Å²) in [5.74, 6) is 0.302. The minimum atomic E-state index is -0.138. The number of hydrogen-bond acceptors (Lipinski definition) is 3. The van der Waals surface area contributed by atoms with E-state index in [1.54, 1.807) is 31.3 Å². The second kappa shape index (κ2) is 7.19. The first-order valence-electron chi connectivity index (χ1n) is 4.95. The van der Waals surface area contributed by atoms with Crippen LogP contribution >= 0.6 is 23.4 Å². The Bertz CT molecular complexity index is 395. The van der Waals surface area contributed by atoms with Crippen LogP contribution in [0.1, 0.15) is 0 Å². The molecule has 0 aromatic heterocycles. The Labute approximate surface area is 109 Å². The van der Waals surface area contributed by atoms with Crippen LogP contribution in [0.2, 0.25) is 5.02 Å². The van der Waals surface area contributed by atoms with Crippen LogP contribution in [0.25, 0.3) is 0 Å².